The van der Waals surface area contributed by atoms with Crippen molar-refractivity contribution >= 4 is 34.9 Å². The van der Waals surface area contributed by atoms with Crippen LogP contribution in [-0.2, 0) is 6.54 Å². The number of nitrogens with zero attached hydrogens (tertiary/aromatic N) is 5. The smallest absolute Gasteiger partial charge is 0.293 e. The number of fused-ring (bicyclic) bond motifs is 1. The van der Waals surface area contributed by atoms with Crippen molar-refractivity contribution in [1.82, 2.24) is 24.5 Å². The highest BCUT2D eigenvalue weighted by molar-refractivity contribution is 6.42. The van der Waals surface area contributed by atoms with E-state index in [1.807, 2.05) is 13.0 Å². The summed E-state index contributed by atoms with van der Waals surface area (Å²) >= 11 is 12.2. The minimum atomic E-state index is -0.314. The van der Waals surface area contributed by atoms with Gasteiger partial charge < -0.3 is 4.90 Å². The molecule has 118 valence electrons. The van der Waals surface area contributed by atoms with Crippen LogP contribution < -0.4 is 0 Å². The standard InChI is InChI=1S/C15H13Cl2N5O/c1-9-6-7-18-15-19-13(20-22(9)15)14(23)21(2)8-10-4-3-5-11(16)12(10)17/h3-7H,8H2,1-2H3. The molecule has 0 spiro atoms. The van der Waals surface area contributed by atoms with Gasteiger partial charge >= 0.3 is 0 Å². The van der Waals surface area contributed by atoms with Crippen LogP contribution in [0.15, 0.2) is 30.5 Å². The third kappa shape index (κ3) is 3.00. The summed E-state index contributed by atoms with van der Waals surface area (Å²) in [5, 5.41) is 5.10. The van der Waals surface area contributed by atoms with Crippen LogP contribution in [-0.4, -0.2) is 37.4 Å². The van der Waals surface area contributed by atoms with Gasteiger partial charge in [-0.2, -0.15) is 4.98 Å². The van der Waals surface area contributed by atoms with E-state index in [0.29, 0.717) is 22.4 Å². The predicted octanol–water partition coefficient (Wildman–Crippen LogP) is 3.01. The second-order valence-electron chi connectivity index (χ2n) is 5.11. The van der Waals surface area contributed by atoms with Crippen LogP contribution in [0.2, 0.25) is 10.0 Å². The van der Waals surface area contributed by atoms with E-state index < -0.39 is 0 Å². The SMILES string of the molecule is Cc1ccnc2nc(C(=O)N(C)Cc3cccc(Cl)c3Cl)nn12. The van der Waals surface area contributed by atoms with E-state index in [0.717, 1.165) is 11.3 Å². The lowest BCUT2D eigenvalue weighted by molar-refractivity contribution is 0.0773. The molecule has 0 saturated carbocycles. The summed E-state index contributed by atoms with van der Waals surface area (Å²) in [4.78, 5) is 22.3. The van der Waals surface area contributed by atoms with Gasteiger partial charge in [0.2, 0.25) is 5.82 Å². The topological polar surface area (TPSA) is 63.4 Å². The summed E-state index contributed by atoms with van der Waals surface area (Å²) in [5.74, 6) is 0.168. The lowest BCUT2D eigenvalue weighted by Gasteiger charge is -2.16. The first-order valence-corrected chi connectivity index (χ1v) is 7.59. The fourth-order valence-electron chi connectivity index (χ4n) is 2.17. The molecule has 0 bridgehead atoms. The van der Waals surface area contributed by atoms with Crippen molar-refractivity contribution < 1.29 is 4.79 Å². The molecular weight excluding hydrogens is 337 g/mol. The number of rotatable bonds is 3. The minimum absolute atomic E-state index is 0.0902. The molecule has 0 aliphatic carbocycles. The van der Waals surface area contributed by atoms with Crippen LogP contribution >= 0.6 is 23.2 Å². The number of amides is 1. The second-order valence-corrected chi connectivity index (χ2v) is 5.89. The lowest BCUT2D eigenvalue weighted by atomic mass is 10.2. The Morgan fingerprint density at radius 2 is 2.09 bits per heavy atom. The quantitative estimate of drug-likeness (QED) is 0.729. The fraction of sp³-hybridized carbons (Fsp3) is 0.200. The van der Waals surface area contributed by atoms with Gasteiger partial charge in [0.15, 0.2) is 0 Å². The first kappa shape index (κ1) is 15.7. The average molecular weight is 350 g/mol. The van der Waals surface area contributed by atoms with E-state index in [-0.39, 0.29) is 11.7 Å². The number of benzene rings is 1. The molecule has 0 N–H and O–H groups in total. The Kier molecular flexibility index (Phi) is 4.19. The monoisotopic (exact) mass is 349 g/mol. The first-order chi connectivity index (χ1) is 11.0. The van der Waals surface area contributed by atoms with Crippen molar-refractivity contribution in [3.05, 3.63) is 57.6 Å². The Hall–Kier alpha value is -2.18. The number of carbonyl (C=O) groups is 1. The Morgan fingerprint density at radius 1 is 1.30 bits per heavy atom. The van der Waals surface area contributed by atoms with Crippen molar-refractivity contribution in [2.45, 2.75) is 13.5 Å². The predicted molar refractivity (Wildman–Crippen MR) is 87.8 cm³/mol. The number of hydrogen-bond donors (Lipinski definition) is 0. The summed E-state index contributed by atoms with van der Waals surface area (Å²) in [6.07, 6.45) is 1.63. The van der Waals surface area contributed by atoms with Gasteiger partial charge in [0.1, 0.15) is 0 Å². The molecule has 3 rings (SSSR count). The van der Waals surface area contributed by atoms with E-state index in [9.17, 15) is 4.79 Å². The van der Waals surface area contributed by atoms with Gasteiger partial charge in [0, 0.05) is 25.5 Å². The van der Waals surface area contributed by atoms with Gasteiger partial charge in [0.05, 0.1) is 10.0 Å². The molecule has 0 aliphatic rings. The van der Waals surface area contributed by atoms with Gasteiger partial charge in [-0.15, -0.1) is 5.10 Å². The molecule has 0 radical (unpaired) electrons. The van der Waals surface area contributed by atoms with Crippen molar-refractivity contribution in [2.75, 3.05) is 7.05 Å². The highest BCUT2D eigenvalue weighted by Crippen LogP contribution is 2.26. The first-order valence-electron chi connectivity index (χ1n) is 6.84. The summed E-state index contributed by atoms with van der Waals surface area (Å²) in [7, 11) is 1.66. The molecule has 0 atom stereocenters. The summed E-state index contributed by atoms with van der Waals surface area (Å²) in [6.45, 7) is 2.17. The summed E-state index contributed by atoms with van der Waals surface area (Å²) < 4.78 is 1.54. The van der Waals surface area contributed by atoms with E-state index in [2.05, 4.69) is 15.1 Å². The maximum Gasteiger partial charge on any atom is 0.293 e. The Labute approximate surface area is 142 Å². The van der Waals surface area contributed by atoms with Crippen LogP contribution in [0.1, 0.15) is 21.9 Å². The Morgan fingerprint density at radius 3 is 2.83 bits per heavy atom. The zero-order chi connectivity index (χ0) is 16.6. The molecule has 0 aliphatic heterocycles. The molecule has 1 amide bonds. The third-order valence-electron chi connectivity index (χ3n) is 3.41. The van der Waals surface area contributed by atoms with E-state index in [1.165, 1.54) is 9.42 Å². The number of hydrogen-bond acceptors (Lipinski definition) is 4. The molecule has 0 unspecified atom stereocenters. The normalized spacial score (nSPS) is 11.0. The number of aryl methyl sites for hydroxylation is 1. The molecule has 3 aromatic rings. The maximum atomic E-state index is 12.5. The van der Waals surface area contributed by atoms with Gasteiger partial charge in [-0.25, -0.2) is 9.50 Å². The molecule has 0 saturated heterocycles. The highest BCUT2D eigenvalue weighted by Gasteiger charge is 2.19. The summed E-state index contributed by atoms with van der Waals surface area (Å²) in [6, 6.07) is 7.11. The molecule has 2 heterocycles. The van der Waals surface area contributed by atoms with E-state index >= 15 is 0 Å². The molecule has 23 heavy (non-hydrogen) atoms. The van der Waals surface area contributed by atoms with Gasteiger partial charge in [0.25, 0.3) is 11.7 Å². The molecule has 2 aromatic heterocycles. The fourth-order valence-corrected chi connectivity index (χ4v) is 2.55. The molecular formula is C15H13Cl2N5O. The van der Waals surface area contributed by atoms with Crippen molar-refractivity contribution in [1.29, 1.82) is 0 Å². The lowest BCUT2D eigenvalue weighted by Crippen LogP contribution is -2.27. The zero-order valence-electron chi connectivity index (χ0n) is 12.5. The number of carbonyl (C=O) groups excluding carboxylic acids is 1. The second kappa shape index (κ2) is 6.14. The molecule has 0 fully saturated rings. The van der Waals surface area contributed by atoms with E-state index in [4.69, 9.17) is 23.2 Å². The molecule has 1 aromatic carbocycles. The largest absolute Gasteiger partial charge is 0.335 e. The van der Waals surface area contributed by atoms with Crippen LogP contribution in [0.25, 0.3) is 5.78 Å². The van der Waals surface area contributed by atoms with Crippen LogP contribution in [0.4, 0.5) is 0 Å². The van der Waals surface area contributed by atoms with Crippen LogP contribution in [0.3, 0.4) is 0 Å². The molecule has 6 nitrogen and oxygen atoms in total. The van der Waals surface area contributed by atoms with Gasteiger partial charge in [-0.3, -0.25) is 4.79 Å². The van der Waals surface area contributed by atoms with Crippen LogP contribution in [0, 0.1) is 6.92 Å². The maximum absolute atomic E-state index is 12.5. The highest BCUT2D eigenvalue weighted by atomic mass is 35.5. The van der Waals surface area contributed by atoms with Gasteiger partial charge in [-0.05, 0) is 24.6 Å². The molecule has 8 heteroatoms. The van der Waals surface area contributed by atoms with E-state index in [1.54, 1.807) is 31.4 Å². The Balaban J connectivity index is 1.86. The third-order valence-corrected chi connectivity index (χ3v) is 4.27. The number of halogens is 2. The number of aromatic nitrogens is 4. The summed E-state index contributed by atoms with van der Waals surface area (Å²) in [5.41, 5.74) is 1.61. The van der Waals surface area contributed by atoms with Gasteiger partial charge in [-0.1, -0.05) is 35.3 Å². The van der Waals surface area contributed by atoms with Crippen molar-refractivity contribution in [3.8, 4) is 0 Å². The van der Waals surface area contributed by atoms with Crippen molar-refractivity contribution in [2.24, 2.45) is 0 Å². The zero-order valence-corrected chi connectivity index (χ0v) is 14.0. The van der Waals surface area contributed by atoms with Crippen LogP contribution in [0.5, 0.6) is 0 Å². The van der Waals surface area contributed by atoms with Crippen molar-refractivity contribution in [3.63, 3.8) is 0 Å². The Bertz CT molecular complexity index is 893. The minimum Gasteiger partial charge on any atom is -0.335 e. The average Bonchev–Trinajstić information content (AvgIpc) is 2.96.